The van der Waals surface area contributed by atoms with E-state index in [-0.39, 0.29) is 5.91 Å². The van der Waals surface area contributed by atoms with Gasteiger partial charge in [0.2, 0.25) is 5.91 Å². The zero-order valence-electron chi connectivity index (χ0n) is 10.5. The third-order valence-corrected chi connectivity index (χ3v) is 3.33. The molecule has 17 heavy (non-hydrogen) atoms. The molecule has 1 amide bonds. The number of nitrogens with zero attached hydrogens (tertiary/aromatic N) is 1. The van der Waals surface area contributed by atoms with Crippen LogP contribution in [0.15, 0.2) is 30.3 Å². The number of carbonyl (C=O) groups excluding carboxylic acids is 1. The van der Waals surface area contributed by atoms with Crippen LogP contribution in [0.25, 0.3) is 0 Å². The highest BCUT2D eigenvalue weighted by Gasteiger charge is 2.34. The van der Waals surface area contributed by atoms with Crippen LogP contribution < -0.4 is 0 Å². The van der Waals surface area contributed by atoms with Crippen LogP contribution in [0.2, 0.25) is 0 Å². The molecule has 1 aliphatic heterocycles. The lowest BCUT2D eigenvalue weighted by Crippen LogP contribution is -2.48. The van der Waals surface area contributed by atoms with Gasteiger partial charge in [0.1, 0.15) is 0 Å². The molecular formula is C14H19NO2. The Kier molecular flexibility index (Phi) is 3.48. The Balaban J connectivity index is 2.17. The van der Waals surface area contributed by atoms with Crippen LogP contribution in [0.3, 0.4) is 0 Å². The molecule has 1 aromatic rings. The first-order valence-corrected chi connectivity index (χ1v) is 6.05. The van der Waals surface area contributed by atoms with Crippen molar-refractivity contribution in [2.75, 3.05) is 26.3 Å². The minimum atomic E-state index is -0.460. The fourth-order valence-electron chi connectivity index (χ4n) is 2.14. The Morgan fingerprint density at radius 3 is 2.35 bits per heavy atom. The van der Waals surface area contributed by atoms with E-state index in [1.54, 1.807) is 0 Å². The minimum Gasteiger partial charge on any atom is -0.378 e. The number of hydrogen-bond donors (Lipinski definition) is 0. The van der Waals surface area contributed by atoms with Crippen LogP contribution in [0.4, 0.5) is 0 Å². The van der Waals surface area contributed by atoms with E-state index in [1.807, 2.05) is 49.1 Å². The molecule has 0 saturated carbocycles. The van der Waals surface area contributed by atoms with Crippen LogP contribution in [-0.2, 0) is 14.9 Å². The average molecular weight is 233 g/mol. The van der Waals surface area contributed by atoms with E-state index >= 15 is 0 Å². The minimum absolute atomic E-state index is 0.187. The number of benzene rings is 1. The molecule has 92 valence electrons. The summed E-state index contributed by atoms with van der Waals surface area (Å²) in [6.07, 6.45) is 0. The van der Waals surface area contributed by atoms with Gasteiger partial charge in [0.15, 0.2) is 0 Å². The summed E-state index contributed by atoms with van der Waals surface area (Å²) < 4.78 is 5.27. The van der Waals surface area contributed by atoms with Gasteiger partial charge in [-0.1, -0.05) is 30.3 Å². The van der Waals surface area contributed by atoms with Crippen LogP contribution >= 0.6 is 0 Å². The first kappa shape index (κ1) is 12.1. The molecule has 3 nitrogen and oxygen atoms in total. The average Bonchev–Trinajstić information content (AvgIpc) is 2.40. The van der Waals surface area contributed by atoms with Gasteiger partial charge in [-0.3, -0.25) is 4.79 Å². The largest absolute Gasteiger partial charge is 0.378 e. The van der Waals surface area contributed by atoms with Crippen molar-refractivity contribution in [1.82, 2.24) is 4.90 Å². The predicted octanol–water partition coefficient (Wildman–Crippen LogP) is 1.82. The molecule has 1 aliphatic rings. The first-order valence-electron chi connectivity index (χ1n) is 6.05. The molecule has 0 radical (unpaired) electrons. The van der Waals surface area contributed by atoms with Crippen molar-refractivity contribution in [3.05, 3.63) is 35.9 Å². The van der Waals surface area contributed by atoms with Gasteiger partial charge in [0, 0.05) is 13.1 Å². The van der Waals surface area contributed by atoms with Gasteiger partial charge in [-0.2, -0.15) is 0 Å². The molecule has 0 N–H and O–H groups in total. The van der Waals surface area contributed by atoms with Crippen molar-refractivity contribution in [2.24, 2.45) is 0 Å². The van der Waals surface area contributed by atoms with Gasteiger partial charge in [-0.25, -0.2) is 0 Å². The summed E-state index contributed by atoms with van der Waals surface area (Å²) in [5.74, 6) is 0.187. The van der Waals surface area contributed by atoms with Gasteiger partial charge in [0.05, 0.1) is 18.6 Å². The second-order valence-corrected chi connectivity index (χ2v) is 4.90. The SMILES string of the molecule is CC(C)(C(=O)N1CCOCC1)c1ccccc1. The van der Waals surface area contributed by atoms with Crippen molar-refractivity contribution >= 4 is 5.91 Å². The number of rotatable bonds is 2. The molecule has 3 heteroatoms. The van der Waals surface area contributed by atoms with E-state index < -0.39 is 5.41 Å². The molecule has 0 spiro atoms. The molecule has 0 atom stereocenters. The van der Waals surface area contributed by atoms with Crippen molar-refractivity contribution in [3.8, 4) is 0 Å². The van der Waals surface area contributed by atoms with Crippen molar-refractivity contribution in [3.63, 3.8) is 0 Å². The maximum atomic E-state index is 12.5. The van der Waals surface area contributed by atoms with E-state index in [0.29, 0.717) is 26.3 Å². The number of morpholine rings is 1. The second-order valence-electron chi connectivity index (χ2n) is 4.90. The standard InChI is InChI=1S/C14H19NO2/c1-14(2,12-6-4-3-5-7-12)13(16)15-8-10-17-11-9-15/h3-7H,8-11H2,1-2H3. The summed E-state index contributed by atoms with van der Waals surface area (Å²) >= 11 is 0. The Hall–Kier alpha value is -1.35. The summed E-state index contributed by atoms with van der Waals surface area (Å²) in [6.45, 7) is 6.68. The van der Waals surface area contributed by atoms with Crippen LogP contribution in [0.1, 0.15) is 19.4 Å². The van der Waals surface area contributed by atoms with Gasteiger partial charge in [-0.05, 0) is 19.4 Å². The molecule has 1 aromatic carbocycles. The van der Waals surface area contributed by atoms with Crippen molar-refractivity contribution in [2.45, 2.75) is 19.3 Å². The molecule has 1 fully saturated rings. The summed E-state index contributed by atoms with van der Waals surface area (Å²) in [7, 11) is 0. The third kappa shape index (κ3) is 2.50. The molecular weight excluding hydrogens is 214 g/mol. The maximum Gasteiger partial charge on any atom is 0.232 e. The smallest absolute Gasteiger partial charge is 0.232 e. The number of ether oxygens (including phenoxy) is 1. The topological polar surface area (TPSA) is 29.5 Å². The summed E-state index contributed by atoms with van der Waals surface area (Å²) in [5, 5.41) is 0. The molecule has 0 unspecified atom stereocenters. The fraction of sp³-hybridized carbons (Fsp3) is 0.500. The third-order valence-electron chi connectivity index (χ3n) is 3.33. The normalized spacial score (nSPS) is 16.9. The summed E-state index contributed by atoms with van der Waals surface area (Å²) in [6, 6.07) is 9.95. The number of amides is 1. The highest BCUT2D eigenvalue weighted by Crippen LogP contribution is 2.25. The van der Waals surface area contributed by atoms with E-state index in [9.17, 15) is 4.79 Å². The highest BCUT2D eigenvalue weighted by molar-refractivity contribution is 5.87. The van der Waals surface area contributed by atoms with E-state index in [1.165, 1.54) is 0 Å². The van der Waals surface area contributed by atoms with Crippen molar-refractivity contribution in [1.29, 1.82) is 0 Å². The summed E-state index contributed by atoms with van der Waals surface area (Å²) in [4.78, 5) is 14.4. The zero-order valence-corrected chi connectivity index (χ0v) is 10.5. The van der Waals surface area contributed by atoms with Crippen LogP contribution in [0, 0.1) is 0 Å². The lowest BCUT2D eigenvalue weighted by atomic mass is 9.83. The maximum absolute atomic E-state index is 12.5. The van der Waals surface area contributed by atoms with Gasteiger partial charge in [0.25, 0.3) is 0 Å². The molecule has 0 aliphatic carbocycles. The lowest BCUT2D eigenvalue weighted by molar-refractivity contribution is -0.140. The van der Waals surface area contributed by atoms with Gasteiger partial charge >= 0.3 is 0 Å². The number of carbonyl (C=O) groups is 1. The van der Waals surface area contributed by atoms with Crippen LogP contribution in [-0.4, -0.2) is 37.1 Å². The second kappa shape index (κ2) is 4.88. The van der Waals surface area contributed by atoms with E-state index in [4.69, 9.17) is 4.74 Å². The Bertz CT molecular complexity index is 380. The fourth-order valence-corrected chi connectivity index (χ4v) is 2.14. The first-order chi connectivity index (χ1) is 8.12. The predicted molar refractivity (Wildman–Crippen MR) is 66.9 cm³/mol. The zero-order chi connectivity index (χ0) is 12.3. The van der Waals surface area contributed by atoms with Crippen LogP contribution in [0.5, 0.6) is 0 Å². The van der Waals surface area contributed by atoms with E-state index in [2.05, 4.69) is 0 Å². The lowest BCUT2D eigenvalue weighted by Gasteiger charge is -2.34. The molecule has 1 saturated heterocycles. The number of hydrogen-bond acceptors (Lipinski definition) is 2. The molecule has 0 aromatic heterocycles. The van der Waals surface area contributed by atoms with Gasteiger partial charge in [-0.15, -0.1) is 0 Å². The van der Waals surface area contributed by atoms with Gasteiger partial charge < -0.3 is 9.64 Å². The monoisotopic (exact) mass is 233 g/mol. The molecule has 1 heterocycles. The quantitative estimate of drug-likeness (QED) is 0.780. The Morgan fingerprint density at radius 2 is 1.76 bits per heavy atom. The highest BCUT2D eigenvalue weighted by atomic mass is 16.5. The Labute approximate surface area is 102 Å². The summed E-state index contributed by atoms with van der Waals surface area (Å²) in [5.41, 5.74) is 0.606. The molecule has 2 rings (SSSR count). The Morgan fingerprint density at radius 1 is 1.18 bits per heavy atom. The molecule has 0 bridgehead atoms. The van der Waals surface area contributed by atoms with E-state index in [0.717, 1.165) is 5.56 Å². The van der Waals surface area contributed by atoms with Crippen molar-refractivity contribution < 1.29 is 9.53 Å².